The van der Waals surface area contributed by atoms with E-state index in [0.29, 0.717) is 19.4 Å². The van der Waals surface area contributed by atoms with Crippen LogP contribution < -0.4 is 10.6 Å². The number of hydrogen-bond acceptors (Lipinski definition) is 4. The number of urea groups is 1. The largest absolute Gasteiger partial charge is 0.336 e. The number of likely N-dealkylation sites (tertiary alicyclic amines) is 1. The van der Waals surface area contributed by atoms with Crippen molar-refractivity contribution in [3.05, 3.63) is 28.3 Å². The molecule has 0 bridgehead atoms. The van der Waals surface area contributed by atoms with Gasteiger partial charge in [-0.3, -0.25) is 4.79 Å². The topological polar surface area (TPSA) is 95.6 Å². The van der Waals surface area contributed by atoms with E-state index in [1.165, 1.54) is 22.3 Å². The Labute approximate surface area is 184 Å². The molecule has 4 rings (SSSR count). The molecule has 31 heavy (non-hydrogen) atoms. The highest BCUT2D eigenvalue weighted by Crippen LogP contribution is 2.38. The molecule has 8 heteroatoms. The predicted molar refractivity (Wildman–Crippen MR) is 121 cm³/mol. The van der Waals surface area contributed by atoms with E-state index >= 15 is 0 Å². The molecule has 0 spiro atoms. The summed E-state index contributed by atoms with van der Waals surface area (Å²) in [6.07, 6.45) is 7.20. The number of amides is 3. The second-order valence-electron chi connectivity index (χ2n) is 9.40. The summed E-state index contributed by atoms with van der Waals surface area (Å²) >= 11 is 0. The monoisotopic (exact) mass is 447 g/mol. The minimum Gasteiger partial charge on any atom is -0.336 e. The summed E-state index contributed by atoms with van der Waals surface area (Å²) in [7, 11) is -3.66. The summed E-state index contributed by atoms with van der Waals surface area (Å²) in [5.74, 6) is -0.992. The number of sulfone groups is 1. The lowest BCUT2D eigenvalue weighted by atomic mass is 9.98. The van der Waals surface area contributed by atoms with Gasteiger partial charge in [0.1, 0.15) is 5.75 Å². The van der Waals surface area contributed by atoms with Crippen LogP contribution in [-0.4, -0.2) is 55.4 Å². The zero-order chi connectivity index (χ0) is 22.2. The Hall–Kier alpha value is -2.09. The first-order chi connectivity index (χ1) is 14.7. The van der Waals surface area contributed by atoms with Crippen LogP contribution in [0.3, 0.4) is 0 Å². The number of rotatable bonds is 5. The number of fused-ring (bicyclic) bond motifs is 2. The molecule has 3 aliphatic rings. The molecule has 0 radical (unpaired) electrons. The third-order valence-corrected chi connectivity index (χ3v) is 8.72. The van der Waals surface area contributed by atoms with Crippen molar-refractivity contribution in [2.75, 3.05) is 24.2 Å². The summed E-state index contributed by atoms with van der Waals surface area (Å²) in [5, 5.41) is 5.11. The van der Waals surface area contributed by atoms with Gasteiger partial charge in [-0.2, -0.15) is 0 Å². The van der Waals surface area contributed by atoms with Crippen LogP contribution in [0.2, 0.25) is 0 Å². The van der Waals surface area contributed by atoms with Crippen molar-refractivity contribution < 1.29 is 18.0 Å². The van der Waals surface area contributed by atoms with Crippen LogP contribution in [0, 0.1) is 0 Å². The predicted octanol–water partition coefficient (Wildman–Crippen LogP) is 2.60. The number of nitrogens with zero attached hydrogens (tertiary/aromatic N) is 1. The molecule has 0 saturated carbocycles. The first-order valence-electron chi connectivity index (χ1n) is 11.5. The van der Waals surface area contributed by atoms with Gasteiger partial charge >= 0.3 is 6.03 Å². The van der Waals surface area contributed by atoms with E-state index in [9.17, 15) is 18.0 Å². The molecule has 1 saturated heterocycles. The van der Waals surface area contributed by atoms with Crippen LogP contribution in [0.25, 0.3) is 0 Å². The Morgan fingerprint density at radius 2 is 1.71 bits per heavy atom. The fourth-order valence-electron chi connectivity index (χ4n) is 5.20. The minimum absolute atomic E-state index is 0.00964. The summed E-state index contributed by atoms with van der Waals surface area (Å²) in [6.45, 7) is 4.43. The number of aryl methyl sites for hydroxylation is 2. The van der Waals surface area contributed by atoms with E-state index in [0.717, 1.165) is 44.2 Å². The number of benzene rings is 1. The number of anilines is 1. The van der Waals surface area contributed by atoms with E-state index in [-0.39, 0.29) is 18.6 Å². The molecule has 0 aromatic heterocycles. The van der Waals surface area contributed by atoms with E-state index in [2.05, 4.69) is 16.7 Å². The van der Waals surface area contributed by atoms with Gasteiger partial charge in [0.05, 0.1) is 5.25 Å². The summed E-state index contributed by atoms with van der Waals surface area (Å²) in [5.41, 5.74) is 5.88. The van der Waals surface area contributed by atoms with Gasteiger partial charge in [0.15, 0.2) is 9.84 Å². The molecule has 2 N–H and O–H groups in total. The van der Waals surface area contributed by atoms with E-state index in [1.807, 2.05) is 13.8 Å². The van der Waals surface area contributed by atoms with E-state index in [4.69, 9.17) is 0 Å². The number of carbonyl (C=O) groups is 2. The van der Waals surface area contributed by atoms with Gasteiger partial charge in [-0.05, 0) is 87.5 Å². The molecule has 1 fully saturated rings. The minimum atomic E-state index is -3.66. The second-order valence-corrected chi connectivity index (χ2v) is 11.7. The molecule has 2 aliphatic carbocycles. The lowest BCUT2D eigenvalue weighted by Crippen LogP contribution is -2.51. The molecule has 1 aromatic carbocycles. The van der Waals surface area contributed by atoms with Gasteiger partial charge < -0.3 is 15.5 Å². The van der Waals surface area contributed by atoms with Crippen molar-refractivity contribution in [1.29, 1.82) is 0 Å². The summed E-state index contributed by atoms with van der Waals surface area (Å²) in [4.78, 5) is 26.7. The van der Waals surface area contributed by atoms with Crippen molar-refractivity contribution in [1.82, 2.24) is 10.2 Å². The fourth-order valence-corrected chi connectivity index (χ4v) is 6.80. The smallest absolute Gasteiger partial charge is 0.317 e. The van der Waals surface area contributed by atoms with Crippen LogP contribution in [0.1, 0.15) is 61.8 Å². The number of nitrogens with one attached hydrogen (secondary N) is 2. The lowest BCUT2D eigenvalue weighted by Gasteiger charge is -2.33. The van der Waals surface area contributed by atoms with Crippen LogP contribution in [0.5, 0.6) is 0 Å². The standard InChI is InChI=1S/C23H33N3O4S/c1-15(2)24-23(28)26-11-5-8-18(13-26)31(29,30)14-21(27)25-22-19-9-3-6-16(19)12-17-7-4-10-20(17)22/h12,15,18H,3-11,13-14H2,1-2H3,(H,24,28)(H,25,27). The zero-order valence-corrected chi connectivity index (χ0v) is 19.3. The molecular formula is C23H33N3O4S. The zero-order valence-electron chi connectivity index (χ0n) is 18.5. The van der Waals surface area contributed by atoms with Crippen molar-refractivity contribution in [3.8, 4) is 0 Å². The summed E-state index contributed by atoms with van der Waals surface area (Å²) < 4.78 is 26.0. The van der Waals surface area contributed by atoms with Gasteiger partial charge in [0.25, 0.3) is 0 Å². The Morgan fingerprint density at radius 3 is 2.32 bits per heavy atom. The highest BCUT2D eigenvalue weighted by atomic mass is 32.2. The molecule has 1 aromatic rings. The molecule has 1 unspecified atom stereocenters. The maximum atomic E-state index is 13.0. The van der Waals surface area contributed by atoms with Gasteiger partial charge in [-0.25, -0.2) is 13.2 Å². The van der Waals surface area contributed by atoms with Crippen molar-refractivity contribution >= 4 is 27.5 Å². The Balaban J connectivity index is 1.45. The van der Waals surface area contributed by atoms with Gasteiger partial charge in [-0.1, -0.05) is 6.07 Å². The van der Waals surface area contributed by atoms with Crippen molar-refractivity contribution in [2.24, 2.45) is 0 Å². The first kappa shape index (κ1) is 22.1. The number of carbonyl (C=O) groups excluding carboxylic acids is 2. The van der Waals surface area contributed by atoms with Crippen LogP contribution >= 0.6 is 0 Å². The third kappa shape index (κ3) is 4.73. The van der Waals surface area contributed by atoms with Crippen molar-refractivity contribution in [3.63, 3.8) is 0 Å². The number of piperidine rings is 1. The SMILES string of the molecule is CC(C)NC(=O)N1CCCC(S(=O)(=O)CC(=O)Nc2c3c(cc4c2CCC4)CCC3)C1. The van der Waals surface area contributed by atoms with Gasteiger partial charge in [-0.15, -0.1) is 0 Å². The molecule has 1 atom stereocenters. The first-order valence-corrected chi connectivity index (χ1v) is 13.2. The molecule has 7 nitrogen and oxygen atoms in total. The fraction of sp³-hybridized carbons (Fsp3) is 0.652. The average molecular weight is 448 g/mol. The Bertz CT molecular complexity index is 955. The maximum absolute atomic E-state index is 13.0. The maximum Gasteiger partial charge on any atom is 0.317 e. The average Bonchev–Trinajstić information content (AvgIpc) is 3.36. The van der Waals surface area contributed by atoms with Gasteiger partial charge in [0.2, 0.25) is 5.91 Å². The van der Waals surface area contributed by atoms with E-state index in [1.54, 1.807) is 4.90 Å². The highest BCUT2D eigenvalue weighted by molar-refractivity contribution is 7.92. The Morgan fingerprint density at radius 1 is 1.06 bits per heavy atom. The molecule has 1 heterocycles. The third-order valence-electron chi connectivity index (χ3n) is 6.66. The quantitative estimate of drug-likeness (QED) is 0.725. The van der Waals surface area contributed by atoms with Crippen LogP contribution in [-0.2, 0) is 40.3 Å². The van der Waals surface area contributed by atoms with Crippen molar-refractivity contribution in [2.45, 2.75) is 76.5 Å². The van der Waals surface area contributed by atoms with Gasteiger partial charge in [0, 0.05) is 24.8 Å². The highest BCUT2D eigenvalue weighted by Gasteiger charge is 2.35. The summed E-state index contributed by atoms with van der Waals surface area (Å²) in [6, 6.07) is 2.04. The lowest BCUT2D eigenvalue weighted by molar-refractivity contribution is -0.113. The van der Waals surface area contributed by atoms with Crippen LogP contribution in [0.4, 0.5) is 10.5 Å². The Kier molecular flexibility index (Phi) is 6.28. The normalized spacial score (nSPS) is 20.5. The molecule has 170 valence electrons. The molecule has 3 amide bonds. The van der Waals surface area contributed by atoms with Crippen LogP contribution in [0.15, 0.2) is 6.07 Å². The second kappa shape index (κ2) is 8.81. The molecular weight excluding hydrogens is 414 g/mol. The molecule has 1 aliphatic heterocycles. The number of hydrogen-bond donors (Lipinski definition) is 2. The van der Waals surface area contributed by atoms with E-state index < -0.39 is 26.7 Å².